The number of benzene rings is 1. The first-order valence-electron chi connectivity index (χ1n) is 4.93. The standard InChI is InChI=1S/C13H17N/c1-10(13(2,3)4)11-8-6-7-9-12(11)14-5/h6-10H,1-4H3. The predicted octanol–water partition coefficient (Wildman–Crippen LogP) is 4.39. The molecule has 0 aliphatic rings. The summed E-state index contributed by atoms with van der Waals surface area (Å²) in [5.41, 5.74) is 2.16. The van der Waals surface area contributed by atoms with Crippen molar-refractivity contribution in [1.82, 2.24) is 0 Å². The summed E-state index contributed by atoms with van der Waals surface area (Å²) in [6, 6.07) is 7.88. The van der Waals surface area contributed by atoms with Gasteiger partial charge in [0.05, 0.1) is 6.57 Å². The van der Waals surface area contributed by atoms with Gasteiger partial charge in [0.1, 0.15) is 0 Å². The monoisotopic (exact) mass is 187 g/mol. The van der Waals surface area contributed by atoms with Gasteiger partial charge in [-0.25, -0.2) is 4.85 Å². The molecule has 0 aromatic heterocycles. The normalized spacial score (nSPS) is 13.4. The maximum Gasteiger partial charge on any atom is 0.190 e. The summed E-state index contributed by atoms with van der Waals surface area (Å²) < 4.78 is 0. The van der Waals surface area contributed by atoms with Crippen molar-refractivity contribution in [2.24, 2.45) is 5.41 Å². The maximum absolute atomic E-state index is 7.11. The fraction of sp³-hybridized carbons (Fsp3) is 0.462. The highest BCUT2D eigenvalue weighted by atomic mass is 14.6. The fourth-order valence-corrected chi connectivity index (χ4v) is 1.42. The first kappa shape index (κ1) is 10.8. The highest BCUT2D eigenvalue weighted by Gasteiger charge is 2.23. The van der Waals surface area contributed by atoms with Crippen LogP contribution in [0.2, 0.25) is 0 Å². The van der Waals surface area contributed by atoms with Crippen LogP contribution in [0.1, 0.15) is 39.2 Å². The van der Waals surface area contributed by atoms with Crippen molar-refractivity contribution in [3.8, 4) is 0 Å². The minimum absolute atomic E-state index is 0.209. The zero-order valence-electron chi connectivity index (χ0n) is 9.33. The van der Waals surface area contributed by atoms with Gasteiger partial charge in [0.15, 0.2) is 5.69 Å². The topological polar surface area (TPSA) is 4.36 Å². The number of hydrogen-bond acceptors (Lipinski definition) is 0. The van der Waals surface area contributed by atoms with E-state index < -0.39 is 0 Å². The minimum atomic E-state index is 0.209. The lowest BCUT2D eigenvalue weighted by atomic mass is 9.77. The predicted molar refractivity (Wildman–Crippen MR) is 60.6 cm³/mol. The van der Waals surface area contributed by atoms with Crippen LogP contribution in [0.5, 0.6) is 0 Å². The first-order chi connectivity index (χ1) is 6.46. The minimum Gasteiger partial charge on any atom is -0.238 e. The third kappa shape index (κ3) is 2.14. The van der Waals surface area contributed by atoms with E-state index in [9.17, 15) is 0 Å². The lowest BCUT2D eigenvalue weighted by Gasteiger charge is -2.28. The molecule has 1 rings (SSSR count). The fourth-order valence-electron chi connectivity index (χ4n) is 1.42. The van der Waals surface area contributed by atoms with Crippen molar-refractivity contribution in [1.29, 1.82) is 0 Å². The van der Waals surface area contributed by atoms with Crippen LogP contribution in [0.15, 0.2) is 24.3 Å². The van der Waals surface area contributed by atoms with Gasteiger partial charge in [0.2, 0.25) is 0 Å². The van der Waals surface area contributed by atoms with Crippen molar-refractivity contribution in [3.63, 3.8) is 0 Å². The van der Waals surface area contributed by atoms with Crippen molar-refractivity contribution in [2.45, 2.75) is 33.6 Å². The van der Waals surface area contributed by atoms with Gasteiger partial charge in [-0.05, 0) is 16.9 Å². The van der Waals surface area contributed by atoms with Crippen molar-refractivity contribution in [3.05, 3.63) is 41.2 Å². The molecule has 1 heteroatoms. The van der Waals surface area contributed by atoms with E-state index in [-0.39, 0.29) is 5.41 Å². The molecule has 1 nitrogen and oxygen atoms in total. The smallest absolute Gasteiger partial charge is 0.190 e. The molecule has 0 aliphatic heterocycles. The molecule has 0 N–H and O–H groups in total. The highest BCUT2D eigenvalue weighted by Crippen LogP contribution is 2.38. The quantitative estimate of drug-likeness (QED) is 0.574. The Morgan fingerprint density at radius 3 is 2.29 bits per heavy atom. The van der Waals surface area contributed by atoms with E-state index in [1.807, 2.05) is 18.2 Å². The molecular formula is C13H17N. The molecule has 74 valence electrons. The van der Waals surface area contributed by atoms with E-state index in [0.29, 0.717) is 5.92 Å². The average molecular weight is 187 g/mol. The van der Waals surface area contributed by atoms with E-state index in [1.54, 1.807) is 0 Å². The number of nitrogens with zero attached hydrogens (tertiary/aromatic N) is 1. The molecule has 1 atom stereocenters. The van der Waals surface area contributed by atoms with Crippen LogP contribution in [-0.2, 0) is 0 Å². The van der Waals surface area contributed by atoms with E-state index in [2.05, 4.69) is 38.6 Å². The van der Waals surface area contributed by atoms with Gasteiger partial charge in [-0.2, -0.15) is 0 Å². The molecular weight excluding hydrogens is 170 g/mol. The lowest BCUT2D eigenvalue weighted by molar-refractivity contribution is 0.340. The summed E-state index contributed by atoms with van der Waals surface area (Å²) in [6.45, 7) is 15.9. The van der Waals surface area contributed by atoms with Crippen LogP contribution >= 0.6 is 0 Å². The SMILES string of the molecule is [C-]#[N+]c1ccccc1C(C)C(C)(C)C. The molecule has 0 amide bonds. The second-order valence-electron chi connectivity index (χ2n) is 4.76. The van der Waals surface area contributed by atoms with E-state index >= 15 is 0 Å². The number of rotatable bonds is 1. The molecule has 0 spiro atoms. The van der Waals surface area contributed by atoms with Gasteiger partial charge in [-0.15, -0.1) is 0 Å². The second kappa shape index (κ2) is 3.84. The highest BCUT2D eigenvalue weighted by molar-refractivity contribution is 5.53. The summed E-state index contributed by atoms with van der Waals surface area (Å²) in [5.74, 6) is 0.410. The molecule has 0 heterocycles. The molecule has 0 aliphatic carbocycles. The van der Waals surface area contributed by atoms with Crippen LogP contribution in [0, 0.1) is 12.0 Å². The molecule has 1 unspecified atom stereocenters. The Kier molecular flexibility index (Phi) is 2.96. The summed E-state index contributed by atoms with van der Waals surface area (Å²) in [7, 11) is 0. The van der Waals surface area contributed by atoms with E-state index in [1.165, 1.54) is 0 Å². The Balaban J connectivity index is 3.14. The molecule has 1 aromatic carbocycles. The molecule has 14 heavy (non-hydrogen) atoms. The van der Waals surface area contributed by atoms with E-state index in [4.69, 9.17) is 6.57 Å². The Morgan fingerprint density at radius 1 is 1.21 bits per heavy atom. The van der Waals surface area contributed by atoms with Gasteiger partial charge < -0.3 is 0 Å². The third-order valence-corrected chi connectivity index (χ3v) is 2.82. The van der Waals surface area contributed by atoms with Crippen LogP contribution < -0.4 is 0 Å². The van der Waals surface area contributed by atoms with Gasteiger partial charge in [-0.3, -0.25) is 0 Å². The Hall–Kier alpha value is -1.29. The molecule has 1 aromatic rings. The lowest BCUT2D eigenvalue weighted by Crippen LogP contribution is -2.15. The maximum atomic E-state index is 7.11. The van der Waals surface area contributed by atoms with Crippen molar-refractivity contribution < 1.29 is 0 Å². The van der Waals surface area contributed by atoms with Gasteiger partial charge in [0.25, 0.3) is 0 Å². The van der Waals surface area contributed by atoms with Crippen LogP contribution in [-0.4, -0.2) is 0 Å². The Labute approximate surface area is 86.6 Å². The van der Waals surface area contributed by atoms with Crippen molar-refractivity contribution in [2.75, 3.05) is 0 Å². The van der Waals surface area contributed by atoms with Crippen LogP contribution in [0.25, 0.3) is 4.85 Å². The molecule has 0 saturated heterocycles. The van der Waals surface area contributed by atoms with Gasteiger partial charge >= 0.3 is 0 Å². The van der Waals surface area contributed by atoms with Gasteiger partial charge in [0, 0.05) is 0 Å². The zero-order chi connectivity index (χ0) is 10.8. The average Bonchev–Trinajstić information content (AvgIpc) is 2.15. The van der Waals surface area contributed by atoms with Crippen molar-refractivity contribution >= 4 is 5.69 Å². The summed E-state index contributed by atoms with van der Waals surface area (Å²) in [5, 5.41) is 0. The largest absolute Gasteiger partial charge is 0.238 e. The van der Waals surface area contributed by atoms with Crippen LogP contribution in [0.4, 0.5) is 5.69 Å². The first-order valence-corrected chi connectivity index (χ1v) is 4.93. The van der Waals surface area contributed by atoms with E-state index in [0.717, 1.165) is 11.3 Å². The third-order valence-electron chi connectivity index (χ3n) is 2.82. The summed E-state index contributed by atoms with van der Waals surface area (Å²) in [6.07, 6.45) is 0. The number of hydrogen-bond donors (Lipinski definition) is 0. The molecule has 0 saturated carbocycles. The molecule has 0 fully saturated rings. The number of para-hydroxylation sites is 1. The molecule has 0 bridgehead atoms. The molecule has 0 radical (unpaired) electrons. The van der Waals surface area contributed by atoms with Crippen LogP contribution in [0.3, 0.4) is 0 Å². The Bertz CT molecular complexity index is 352. The zero-order valence-corrected chi connectivity index (χ0v) is 9.33. The summed E-state index contributed by atoms with van der Waals surface area (Å²) in [4.78, 5) is 3.56. The summed E-state index contributed by atoms with van der Waals surface area (Å²) >= 11 is 0. The Morgan fingerprint density at radius 2 is 1.79 bits per heavy atom. The van der Waals surface area contributed by atoms with Gasteiger partial charge in [-0.1, -0.05) is 52.0 Å². The second-order valence-corrected chi connectivity index (χ2v) is 4.76.